The van der Waals surface area contributed by atoms with Crippen molar-refractivity contribution < 1.29 is 4.79 Å². The molecule has 4 nitrogen and oxygen atoms in total. The monoisotopic (exact) mass is 307 g/mol. The molecule has 18 heavy (non-hydrogen) atoms. The predicted molar refractivity (Wildman–Crippen MR) is 78.5 cm³/mol. The van der Waals surface area contributed by atoms with Crippen molar-refractivity contribution in [2.45, 2.75) is 19.4 Å². The highest BCUT2D eigenvalue weighted by atomic mass is 35.5. The van der Waals surface area contributed by atoms with Crippen molar-refractivity contribution in [3.8, 4) is 0 Å². The van der Waals surface area contributed by atoms with E-state index < -0.39 is 0 Å². The fraction of sp³-hybridized carbons (Fsp3) is 0.455. The van der Waals surface area contributed by atoms with Crippen molar-refractivity contribution >= 4 is 46.7 Å². The number of amides is 1. The van der Waals surface area contributed by atoms with Crippen LogP contribution in [0.15, 0.2) is 12.3 Å². The lowest BCUT2D eigenvalue weighted by molar-refractivity contribution is -0.113. The molecule has 0 spiro atoms. The average molecular weight is 308 g/mol. The lowest BCUT2D eigenvalue weighted by atomic mass is 10.3. The van der Waals surface area contributed by atoms with Crippen LogP contribution < -0.4 is 11.1 Å². The van der Waals surface area contributed by atoms with E-state index >= 15 is 0 Å². The van der Waals surface area contributed by atoms with Crippen molar-refractivity contribution in [3.05, 3.63) is 22.3 Å². The number of hydrogen-bond acceptors (Lipinski definition) is 4. The second-order valence-electron chi connectivity index (χ2n) is 3.72. The molecule has 0 bridgehead atoms. The Balaban J connectivity index is 2.40. The molecular formula is C11H15Cl2N3OS. The number of nitrogens with one attached hydrogen (secondary N) is 1. The van der Waals surface area contributed by atoms with Gasteiger partial charge in [-0.15, -0.1) is 0 Å². The molecule has 7 heteroatoms. The highest BCUT2D eigenvalue weighted by molar-refractivity contribution is 8.00. The van der Waals surface area contributed by atoms with Gasteiger partial charge in [-0.2, -0.15) is 11.8 Å². The molecule has 1 heterocycles. The summed E-state index contributed by atoms with van der Waals surface area (Å²) in [7, 11) is 0. The first-order valence-electron chi connectivity index (χ1n) is 5.47. The highest BCUT2D eigenvalue weighted by Crippen LogP contribution is 2.22. The van der Waals surface area contributed by atoms with Gasteiger partial charge in [-0.3, -0.25) is 4.79 Å². The number of halogens is 2. The topological polar surface area (TPSA) is 68.0 Å². The quantitative estimate of drug-likeness (QED) is 0.848. The molecule has 1 aromatic heterocycles. The van der Waals surface area contributed by atoms with E-state index in [9.17, 15) is 4.79 Å². The molecule has 0 fully saturated rings. The summed E-state index contributed by atoms with van der Waals surface area (Å²) in [5.74, 6) is 1.26. The van der Waals surface area contributed by atoms with E-state index in [4.69, 9.17) is 28.9 Å². The van der Waals surface area contributed by atoms with Crippen molar-refractivity contribution in [2.24, 2.45) is 5.73 Å². The van der Waals surface area contributed by atoms with Crippen molar-refractivity contribution in [2.75, 3.05) is 16.8 Å². The molecule has 1 aromatic rings. The van der Waals surface area contributed by atoms with Gasteiger partial charge in [-0.25, -0.2) is 4.98 Å². The zero-order chi connectivity index (χ0) is 13.5. The first-order chi connectivity index (χ1) is 8.52. The molecule has 0 aromatic carbocycles. The predicted octanol–water partition coefficient (Wildman–Crippen LogP) is 2.80. The summed E-state index contributed by atoms with van der Waals surface area (Å²) < 4.78 is 0. The Labute approximate surface area is 121 Å². The van der Waals surface area contributed by atoms with Gasteiger partial charge in [0, 0.05) is 18.0 Å². The van der Waals surface area contributed by atoms with E-state index in [1.165, 1.54) is 24.0 Å². The maximum Gasteiger partial charge on any atom is 0.235 e. The standard InChI is InChI=1S/C11H15Cl2N3OS/c1-2-8(14)5-18-6-10(17)16-11-9(13)3-7(12)4-15-11/h3-4,8H,2,5-6,14H2,1H3,(H,15,16,17). The third-order valence-corrected chi connectivity index (χ3v) is 3.78. The van der Waals surface area contributed by atoms with E-state index in [0.717, 1.165) is 12.2 Å². The summed E-state index contributed by atoms with van der Waals surface area (Å²) in [5, 5.41) is 3.38. The van der Waals surface area contributed by atoms with Crippen molar-refractivity contribution in [3.63, 3.8) is 0 Å². The number of anilines is 1. The minimum Gasteiger partial charge on any atom is -0.327 e. The van der Waals surface area contributed by atoms with Crippen LogP contribution in [-0.2, 0) is 4.79 Å². The van der Waals surface area contributed by atoms with Gasteiger partial charge in [0.1, 0.15) is 0 Å². The summed E-state index contributed by atoms with van der Waals surface area (Å²) in [6.45, 7) is 2.02. The van der Waals surface area contributed by atoms with Crippen LogP contribution >= 0.6 is 35.0 Å². The molecule has 0 saturated carbocycles. The lowest BCUT2D eigenvalue weighted by Gasteiger charge is -2.08. The Kier molecular flexibility index (Phi) is 6.78. The number of carbonyl (C=O) groups excluding carboxylic acids is 1. The van der Waals surface area contributed by atoms with Crippen LogP contribution in [0.25, 0.3) is 0 Å². The van der Waals surface area contributed by atoms with E-state index in [0.29, 0.717) is 21.6 Å². The van der Waals surface area contributed by atoms with Gasteiger partial charge in [-0.1, -0.05) is 30.1 Å². The number of thioether (sulfide) groups is 1. The molecule has 0 radical (unpaired) electrons. The Morgan fingerprint density at radius 3 is 2.94 bits per heavy atom. The SMILES string of the molecule is CCC(N)CSCC(=O)Nc1ncc(Cl)cc1Cl. The van der Waals surface area contributed by atoms with Crippen molar-refractivity contribution in [1.29, 1.82) is 0 Å². The molecule has 0 aliphatic carbocycles. The summed E-state index contributed by atoms with van der Waals surface area (Å²) in [6, 6.07) is 1.66. The Morgan fingerprint density at radius 2 is 2.33 bits per heavy atom. The Morgan fingerprint density at radius 1 is 1.61 bits per heavy atom. The molecule has 0 aliphatic rings. The second-order valence-corrected chi connectivity index (χ2v) is 5.59. The fourth-order valence-corrected chi connectivity index (χ4v) is 2.44. The van der Waals surface area contributed by atoms with E-state index in [1.54, 1.807) is 0 Å². The molecule has 3 N–H and O–H groups in total. The minimum atomic E-state index is -0.153. The van der Waals surface area contributed by atoms with Crippen LogP contribution in [0.1, 0.15) is 13.3 Å². The summed E-state index contributed by atoms with van der Waals surface area (Å²) in [4.78, 5) is 15.6. The maximum atomic E-state index is 11.6. The number of hydrogen-bond donors (Lipinski definition) is 2. The first-order valence-corrected chi connectivity index (χ1v) is 7.38. The van der Waals surface area contributed by atoms with Crippen LogP contribution in [0.3, 0.4) is 0 Å². The molecule has 0 aliphatic heterocycles. The summed E-state index contributed by atoms with van der Waals surface area (Å²) in [5.41, 5.74) is 5.75. The maximum absolute atomic E-state index is 11.6. The number of aromatic nitrogens is 1. The number of carbonyl (C=O) groups is 1. The largest absolute Gasteiger partial charge is 0.327 e. The third kappa shape index (κ3) is 5.44. The van der Waals surface area contributed by atoms with Gasteiger partial charge in [0.05, 0.1) is 15.8 Å². The van der Waals surface area contributed by atoms with Gasteiger partial charge in [-0.05, 0) is 12.5 Å². The fourth-order valence-electron chi connectivity index (χ4n) is 1.10. The summed E-state index contributed by atoms with van der Waals surface area (Å²) in [6.07, 6.45) is 2.34. The molecule has 1 rings (SSSR count). The smallest absolute Gasteiger partial charge is 0.235 e. The lowest BCUT2D eigenvalue weighted by Crippen LogP contribution is -2.23. The van der Waals surface area contributed by atoms with Gasteiger partial charge < -0.3 is 11.1 Å². The van der Waals surface area contributed by atoms with E-state index in [1.807, 2.05) is 6.92 Å². The minimum absolute atomic E-state index is 0.125. The zero-order valence-electron chi connectivity index (χ0n) is 9.95. The molecular weight excluding hydrogens is 293 g/mol. The summed E-state index contributed by atoms with van der Waals surface area (Å²) >= 11 is 13.1. The van der Waals surface area contributed by atoms with E-state index in [-0.39, 0.29) is 11.9 Å². The first kappa shape index (κ1) is 15.6. The molecule has 0 saturated heterocycles. The van der Waals surface area contributed by atoms with Gasteiger partial charge in [0.2, 0.25) is 5.91 Å². The van der Waals surface area contributed by atoms with Crippen LogP contribution in [-0.4, -0.2) is 28.4 Å². The van der Waals surface area contributed by atoms with Gasteiger partial charge in [0.15, 0.2) is 5.82 Å². The highest BCUT2D eigenvalue weighted by Gasteiger charge is 2.08. The Bertz CT molecular complexity index is 417. The number of nitrogens with zero attached hydrogens (tertiary/aromatic N) is 1. The average Bonchev–Trinajstić information content (AvgIpc) is 2.32. The normalized spacial score (nSPS) is 12.2. The number of nitrogens with two attached hydrogens (primary N) is 1. The molecule has 1 unspecified atom stereocenters. The van der Waals surface area contributed by atoms with Crippen LogP contribution in [0.5, 0.6) is 0 Å². The second kappa shape index (κ2) is 7.84. The molecule has 1 atom stereocenters. The number of rotatable bonds is 6. The van der Waals surface area contributed by atoms with Crippen LogP contribution in [0, 0.1) is 0 Å². The molecule has 1 amide bonds. The third-order valence-electron chi connectivity index (χ3n) is 2.16. The Hall–Kier alpha value is -0.490. The van der Waals surface area contributed by atoms with Crippen LogP contribution in [0.4, 0.5) is 5.82 Å². The van der Waals surface area contributed by atoms with E-state index in [2.05, 4.69) is 10.3 Å². The zero-order valence-corrected chi connectivity index (χ0v) is 12.3. The number of pyridine rings is 1. The molecule has 100 valence electrons. The van der Waals surface area contributed by atoms with Gasteiger partial charge >= 0.3 is 0 Å². The van der Waals surface area contributed by atoms with Gasteiger partial charge in [0.25, 0.3) is 0 Å². The van der Waals surface area contributed by atoms with Crippen LogP contribution in [0.2, 0.25) is 10.0 Å². The van der Waals surface area contributed by atoms with Crippen molar-refractivity contribution in [1.82, 2.24) is 4.98 Å².